The van der Waals surface area contributed by atoms with E-state index >= 15 is 0 Å². The summed E-state index contributed by atoms with van der Waals surface area (Å²) in [6.45, 7) is 2.30. The molecular formula is C24H32N2O6. The summed E-state index contributed by atoms with van der Waals surface area (Å²) in [5.74, 6) is 1.36. The van der Waals surface area contributed by atoms with Crippen molar-refractivity contribution in [3.8, 4) is 17.2 Å². The van der Waals surface area contributed by atoms with Crippen molar-refractivity contribution in [3.05, 3.63) is 53.6 Å². The molecule has 32 heavy (non-hydrogen) atoms. The Hall–Kier alpha value is -3.26. The highest BCUT2D eigenvalue weighted by Gasteiger charge is 2.26. The van der Waals surface area contributed by atoms with Crippen molar-refractivity contribution >= 4 is 11.8 Å². The maximum atomic E-state index is 13.3. The van der Waals surface area contributed by atoms with Gasteiger partial charge in [0.15, 0.2) is 11.5 Å². The molecule has 0 fully saturated rings. The van der Waals surface area contributed by atoms with E-state index in [1.807, 2.05) is 24.3 Å². The Morgan fingerprint density at radius 2 is 1.62 bits per heavy atom. The van der Waals surface area contributed by atoms with Gasteiger partial charge in [0.1, 0.15) is 11.8 Å². The minimum atomic E-state index is -0.691. The third-order valence-corrected chi connectivity index (χ3v) is 5.12. The standard InChI is InChI=1S/C24H32N2O6/c1-17(24(29)25-12-5-13-27)26(16-18-6-9-20(30-2)10-7-18)23(28)15-19-8-11-21(31-3)22(14-19)32-4/h6-11,14,17,27H,5,12-13,15-16H2,1-4H3,(H,25,29). The van der Waals surface area contributed by atoms with Gasteiger partial charge < -0.3 is 29.5 Å². The molecular weight excluding hydrogens is 412 g/mol. The summed E-state index contributed by atoms with van der Waals surface area (Å²) in [4.78, 5) is 27.5. The average Bonchev–Trinajstić information content (AvgIpc) is 2.82. The topological polar surface area (TPSA) is 97.3 Å². The van der Waals surface area contributed by atoms with Crippen LogP contribution >= 0.6 is 0 Å². The van der Waals surface area contributed by atoms with E-state index in [1.54, 1.807) is 44.2 Å². The number of rotatable bonds is 12. The van der Waals surface area contributed by atoms with E-state index in [0.29, 0.717) is 30.2 Å². The lowest BCUT2D eigenvalue weighted by Crippen LogP contribution is -2.48. The van der Waals surface area contributed by atoms with Gasteiger partial charge in [-0.1, -0.05) is 18.2 Å². The molecule has 174 valence electrons. The van der Waals surface area contributed by atoms with Crippen molar-refractivity contribution < 1.29 is 28.9 Å². The number of hydrogen-bond donors (Lipinski definition) is 2. The van der Waals surface area contributed by atoms with Crippen LogP contribution in [0.15, 0.2) is 42.5 Å². The summed E-state index contributed by atoms with van der Waals surface area (Å²) in [5.41, 5.74) is 1.63. The molecule has 0 saturated carbocycles. The van der Waals surface area contributed by atoms with Crippen LogP contribution in [-0.4, -0.2) is 62.3 Å². The fraction of sp³-hybridized carbons (Fsp3) is 0.417. The maximum Gasteiger partial charge on any atom is 0.242 e. The first-order chi connectivity index (χ1) is 15.4. The van der Waals surface area contributed by atoms with Crippen molar-refractivity contribution in [2.45, 2.75) is 32.4 Å². The van der Waals surface area contributed by atoms with Gasteiger partial charge in [0, 0.05) is 19.7 Å². The fourth-order valence-electron chi connectivity index (χ4n) is 3.22. The molecule has 8 heteroatoms. The molecule has 2 rings (SSSR count). The summed E-state index contributed by atoms with van der Waals surface area (Å²) in [6, 6.07) is 12.0. The van der Waals surface area contributed by atoms with E-state index in [-0.39, 0.29) is 31.4 Å². The summed E-state index contributed by atoms with van der Waals surface area (Å²) in [6.07, 6.45) is 0.557. The Bertz CT molecular complexity index is 885. The van der Waals surface area contributed by atoms with E-state index < -0.39 is 6.04 Å². The van der Waals surface area contributed by atoms with Crippen molar-refractivity contribution in [1.82, 2.24) is 10.2 Å². The molecule has 2 amide bonds. The number of aliphatic hydroxyl groups excluding tert-OH is 1. The second kappa shape index (κ2) is 12.6. The van der Waals surface area contributed by atoms with Crippen LogP contribution in [-0.2, 0) is 22.6 Å². The summed E-state index contributed by atoms with van der Waals surface area (Å²) in [7, 11) is 4.68. The molecule has 0 spiro atoms. The van der Waals surface area contributed by atoms with Crippen LogP contribution < -0.4 is 19.5 Å². The number of nitrogens with zero attached hydrogens (tertiary/aromatic N) is 1. The largest absolute Gasteiger partial charge is 0.497 e. The number of methoxy groups -OCH3 is 3. The first-order valence-corrected chi connectivity index (χ1v) is 10.4. The highest BCUT2D eigenvalue weighted by Crippen LogP contribution is 2.28. The van der Waals surface area contributed by atoms with E-state index in [2.05, 4.69) is 5.32 Å². The Morgan fingerprint density at radius 1 is 0.969 bits per heavy atom. The molecule has 2 aromatic carbocycles. The number of carbonyl (C=O) groups excluding carboxylic acids is 2. The van der Waals surface area contributed by atoms with Crippen molar-refractivity contribution in [2.75, 3.05) is 34.5 Å². The maximum absolute atomic E-state index is 13.3. The van der Waals surface area contributed by atoms with Crippen molar-refractivity contribution in [2.24, 2.45) is 0 Å². The first-order valence-electron chi connectivity index (χ1n) is 10.4. The predicted molar refractivity (Wildman–Crippen MR) is 121 cm³/mol. The van der Waals surface area contributed by atoms with Crippen LogP contribution in [0.4, 0.5) is 0 Å². The van der Waals surface area contributed by atoms with Gasteiger partial charge in [0.05, 0.1) is 27.8 Å². The van der Waals surface area contributed by atoms with Crippen molar-refractivity contribution in [1.29, 1.82) is 0 Å². The molecule has 0 aliphatic carbocycles. The monoisotopic (exact) mass is 444 g/mol. The minimum Gasteiger partial charge on any atom is -0.497 e. The normalized spacial score (nSPS) is 11.4. The molecule has 8 nitrogen and oxygen atoms in total. The summed E-state index contributed by atoms with van der Waals surface area (Å²) < 4.78 is 15.8. The van der Waals surface area contributed by atoms with Gasteiger partial charge >= 0.3 is 0 Å². The highest BCUT2D eigenvalue weighted by molar-refractivity contribution is 5.88. The van der Waals surface area contributed by atoms with Crippen LogP contribution in [0.1, 0.15) is 24.5 Å². The van der Waals surface area contributed by atoms with Crippen LogP contribution in [0, 0.1) is 0 Å². The molecule has 0 aliphatic heterocycles. The zero-order valence-corrected chi connectivity index (χ0v) is 19.1. The number of carbonyl (C=O) groups is 2. The lowest BCUT2D eigenvalue weighted by Gasteiger charge is -2.29. The lowest BCUT2D eigenvalue weighted by molar-refractivity contribution is -0.140. The zero-order chi connectivity index (χ0) is 23.5. The first kappa shape index (κ1) is 25.0. The van der Waals surface area contributed by atoms with Gasteiger partial charge in [-0.05, 0) is 48.7 Å². The lowest BCUT2D eigenvalue weighted by atomic mass is 10.1. The molecule has 0 radical (unpaired) electrons. The van der Waals surface area contributed by atoms with Crippen LogP contribution in [0.3, 0.4) is 0 Å². The Balaban J connectivity index is 2.23. The Kier molecular flexibility index (Phi) is 9.81. The number of hydrogen-bond acceptors (Lipinski definition) is 6. The second-order valence-electron chi connectivity index (χ2n) is 7.28. The zero-order valence-electron chi connectivity index (χ0n) is 19.1. The molecule has 0 heterocycles. The van der Waals surface area contributed by atoms with Crippen LogP contribution in [0.5, 0.6) is 17.2 Å². The molecule has 1 atom stereocenters. The van der Waals surface area contributed by atoms with Gasteiger partial charge in [-0.25, -0.2) is 0 Å². The van der Waals surface area contributed by atoms with E-state index in [4.69, 9.17) is 19.3 Å². The van der Waals surface area contributed by atoms with E-state index in [1.165, 1.54) is 7.11 Å². The molecule has 2 aromatic rings. The van der Waals surface area contributed by atoms with Crippen LogP contribution in [0.2, 0.25) is 0 Å². The second-order valence-corrected chi connectivity index (χ2v) is 7.28. The molecule has 0 aromatic heterocycles. The van der Waals surface area contributed by atoms with Gasteiger partial charge in [-0.3, -0.25) is 9.59 Å². The van der Waals surface area contributed by atoms with Gasteiger partial charge in [-0.2, -0.15) is 0 Å². The molecule has 0 aliphatic rings. The third kappa shape index (κ3) is 6.88. The minimum absolute atomic E-state index is 0.0115. The predicted octanol–water partition coefficient (Wildman–Crippen LogP) is 2.17. The van der Waals surface area contributed by atoms with Gasteiger partial charge in [-0.15, -0.1) is 0 Å². The SMILES string of the molecule is COc1ccc(CN(C(=O)Cc2ccc(OC)c(OC)c2)C(C)C(=O)NCCCO)cc1. The number of benzene rings is 2. The average molecular weight is 445 g/mol. The van der Waals surface area contributed by atoms with Gasteiger partial charge in [0.25, 0.3) is 0 Å². The smallest absolute Gasteiger partial charge is 0.242 e. The fourth-order valence-corrected chi connectivity index (χ4v) is 3.22. The Morgan fingerprint density at radius 3 is 2.22 bits per heavy atom. The Labute approximate surface area is 189 Å². The molecule has 0 bridgehead atoms. The van der Waals surface area contributed by atoms with Crippen molar-refractivity contribution in [3.63, 3.8) is 0 Å². The van der Waals surface area contributed by atoms with E-state index in [9.17, 15) is 9.59 Å². The number of nitrogens with one attached hydrogen (secondary N) is 1. The highest BCUT2D eigenvalue weighted by atomic mass is 16.5. The number of aliphatic hydroxyl groups is 1. The number of ether oxygens (including phenoxy) is 3. The third-order valence-electron chi connectivity index (χ3n) is 5.12. The summed E-state index contributed by atoms with van der Waals surface area (Å²) >= 11 is 0. The number of amides is 2. The molecule has 0 saturated heterocycles. The van der Waals surface area contributed by atoms with Crippen LogP contribution in [0.25, 0.3) is 0 Å². The quantitative estimate of drug-likeness (QED) is 0.487. The summed E-state index contributed by atoms with van der Waals surface area (Å²) in [5, 5.41) is 11.7. The van der Waals surface area contributed by atoms with Gasteiger partial charge in [0.2, 0.25) is 11.8 Å². The van der Waals surface area contributed by atoms with E-state index in [0.717, 1.165) is 11.1 Å². The molecule has 1 unspecified atom stereocenters. The molecule has 2 N–H and O–H groups in total.